The summed E-state index contributed by atoms with van der Waals surface area (Å²) < 4.78 is 10.8. The van der Waals surface area contributed by atoms with Gasteiger partial charge in [0.1, 0.15) is 17.4 Å². The van der Waals surface area contributed by atoms with Crippen molar-refractivity contribution in [1.82, 2.24) is 4.98 Å². The van der Waals surface area contributed by atoms with E-state index in [-0.39, 0.29) is 12.2 Å². The van der Waals surface area contributed by atoms with Crippen LogP contribution in [0.1, 0.15) is 11.3 Å². The van der Waals surface area contributed by atoms with Crippen molar-refractivity contribution < 1.29 is 14.3 Å². The largest absolute Gasteiger partial charge is 0.481 e. The maximum atomic E-state index is 12.0. The number of halogens is 1. The van der Waals surface area contributed by atoms with Gasteiger partial charge in [-0.1, -0.05) is 15.9 Å². The van der Waals surface area contributed by atoms with Crippen molar-refractivity contribution in [3.05, 3.63) is 50.3 Å². The lowest BCUT2D eigenvalue weighted by Crippen LogP contribution is -2.15. The van der Waals surface area contributed by atoms with Crippen LogP contribution in [-0.4, -0.2) is 24.7 Å². The topological polar surface area (TPSA) is 92.2 Å². The van der Waals surface area contributed by atoms with Crippen molar-refractivity contribution in [1.29, 1.82) is 5.26 Å². The van der Waals surface area contributed by atoms with Crippen LogP contribution in [0.3, 0.4) is 0 Å². The van der Waals surface area contributed by atoms with Gasteiger partial charge < -0.3 is 14.5 Å². The van der Waals surface area contributed by atoms with Gasteiger partial charge in [0.05, 0.1) is 7.11 Å². The number of rotatable bonds is 4. The van der Waals surface area contributed by atoms with Gasteiger partial charge in [0, 0.05) is 21.3 Å². The standard InChI is InChI=1S/C16H13BrN2O4/c1-9-5-11(13(7-18)16(21)19-9)12-6-10(17)3-4-14(12)23-8-15(20)22-2/h3-6H,8H2,1-2H3,(H,19,21). The van der Waals surface area contributed by atoms with E-state index in [1.54, 1.807) is 31.2 Å². The minimum absolute atomic E-state index is 0.0170. The average Bonchev–Trinajstić information content (AvgIpc) is 2.52. The molecule has 7 heteroatoms. The van der Waals surface area contributed by atoms with Gasteiger partial charge in [0.15, 0.2) is 6.61 Å². The first-order valence-electron chi connectivity index (χ1n) is 6.59. The number of aromatic nitrogens is 1. The van der Waals surface area contributed by atoms with Gasteiger partial charge in [0.25, 0.3) is 5.56 Å². The molecule has 0 unspecified atom stereocenters. The second-order valence-electron chi connectivity index (χ2n) is 4.69. The van der Waals surface area contributed by atoms with Crippen LogP contribution in [0.4, 0.5) is 0 Å². The number of benzene rings is 1. The summed E-state index contributed by atoms with van der Waals surface area (Å²) in [5.74, 6) is -0.151. The smallest absolute Gasteiger partial charge is 0.343 e. The van der Waals surface area contributed by atoms with Crippen LogP contribution >= 0.6 is 15.9 Å². The third-order valence-electron chi connectivity index (χ3n) is 3.08. The molecule has 6 nitrogen and oxygen atoms in total. The van der Waals surface area contributed by atoms with E-state index in [1.807, 2.05) is 6.07 Å². The average molecular weight is 377 g/mol. The number of H-pyrrole nitrogens is 1. The summed E-state index contributed by atoms with van der Waals surface area (Å²) in [4.78, 5) is 25.8. The Morgan fingerprint density at radius 1 is 1.35 bits per heavy atom. The number of carbonyl (C=O) groups is 1. The van der Waals surface area contributed by atoms with Crippen molar-refractivity contribution in [2.45, 2.75) is 6.92 Å². The molecule has 1 N–H and O–H groups in total. The first-order valence-corrected chi connectivity index (χ1v) is 7.39. The minimum Gasteiger partial charge on any atom is -0.481 e. The van der Waals surface area contributed by atoms with E-state index in [1.165, 1.54) is 7.11 Å². The Morgan fingerprint density at radius 3 is 2.74 bits per heavy atom. The van der Waals surface area contributed by atoms with Gasteiger partial charge in [-0.15, -0.1) is 0 Å². The first-order chi connectivity index (χ1) is 11.0. The Morgan fingerprint density at radius 2 is 2.09 bits per heavy atom. The highest BCUT2D eigenvalue weighted by Gasteiger charge is 2.16. The lowest BCUT2D eigenvalue weighted by atomic mass is 10.00. The van der Waals surface area contributed by atoms with Crippen LogP contribution in [0.2, 0.25) is 0 Å². The highest BCUT2D eigenvalue weighted by atomic mass is 79.9. The lowest BCUT2D eigenvalue weighted by Gasteiger charge is -2.13. The number of hydrogen-bond acceptors (Lipinski definition) is 5. The third kappa shape index (κ3) is 3.79. The van der Waals surface area contributed by atoms with Gasteiger partial charge in [-0.25, -0.2) is 4.79 Å². The Bertz CT molecular complexity index is 852. The molecule has 0 atom stereocenters. The molecule has 0 saturated carbocycles. The van der Waals surface area contributed by atoms with Gasteiger partial charge in [0.2, 0.25) is 0 Å². The zero-order valence-electron chi connectivity index (χ0n) is 12.5. The number of aryl methyl sites for hydroxylation is 1. The molecule has 0 aliphatic heterocycles. The summed E-state index contributed by atoms with van der Waals surface area (Å²) >= 11 is 3.35. The van der Waals surface area contributed by atoms with E-state index in [2.05, 4.69) is 25.7 Å². The second-order valence-corrected chi connectivity index (χ2v) is 5.60. The van der Waals surface area contributed by atoms with Crippen LogP contribution in [0, 0.1) is 18.3 Å². The number of ether oxygens (including phenoxy) is 2. The molecule has 0 spiro atoms. The molecule has 0 bridgehead atoms. The molecule has 23 heavy (non-hydrogen) atoms. The normalized spacial score (nSPS) is 10.0. The first kappa shape index (κ1) is 16.8. The summed E-state index contributed by atoms with van der Waals surface area (Å²) in [5, 5.41) is 9.27. The fourth-order valence-electron chi connectivity index (χ4n) is 2.05. The molecule has 0 aliphatic carbocycles. The van der Waals surface area contributed by atoms with E-state index in [0.717, 1.165) is 4.47 Å². The number of nitrogens with zero attached hydrogens (tertiary/aromatic N) is 1. The molecule has 0 fully saturated rings. The fraction of sp³-hybridized carbons (Fsp3) is 0.188. The molecule has 0 amide bonds. The maximum absolute atomic E-state index is 12.0. The summed E-state index contributed by atoms with van der Waals surface area (Å²) in [5.41, 5.74) is 1.10. The van der Waals surface area contributed by atoms with Crippen LogP contribution in [-0.2, 0) is 9.53 Å². The van der Waals surface area contributed by atoms with Crippen LogP contribution < -0.4 is 10.3 Å². The molecule has 0 radical (unpaired) electrons. The van der Waals surface area contributed by atoms with Crippen LogP contribution in [0.5, 0.6) is 5.75 Å². The maximum Gasteiger partial charge on any atom is 0.343 e. The second kappa shape index (κ2) is 7.11. The fourth-order valence-corrected chi connectivity index (χ4v) is 2.41. The van der Waals surface area contributed by atoms with E-state index in [9.17, 15) is 14.9 Å². The molecule has 1 heterocycles. The van der Waals surface area contributed by atoms with E-state index >= 15 is 0 Å². The number of nitriles is 1. The quantitative estimate of drug-likeness (QED) is 0.827. The summed E-state index contributed by atoms with van der Waals surface area (Å²) in [6, 6.07) is 8.71. The Hall–Kier alpha value is -2.59. The molecule has 1 aromatic heterocycles. The van der Waals surface area contributed by atoms with Crippen molar-refractivity contribution in [3.8, 4) is 22.9 Å². The highest BCUT2D eigenvalue weighted by molar-refractivity contribution is 9.10. The van der Waals surface area contributed by atoms with E-state index in [0.29, 0.717) is 22.6 Å². The lowest BCUT2D eigenvalue weighted by molar-refractivity contribution is -0.142. The predicted molar refractivity (Wildman–Crippen MR) is 87.2 cm³/mol. The van der Waals surface area contributed by atoms with Crippen LogP contribution in [0.25, 0.3) is 11.1 Å². The molecule has 2 rings (SSSR count). The van der Waals surface area contributed by atoms with E-state index in [4.69, 9.17) is 4.74 Å². The van der Waals surface area contributed by atoms with Crippen LogP contribution in [0.15, 0.2) is 33.5 Å². The van der Waals surface area contributed by atoms with E-state index < -0.39 is 11.5 Å². The molecule has 0 saturated heterocycles. The van der Waals surface area contributed by atoms with Gasteiger partial charge in [-0.2, -0.15) is 5.26 Å². The molecule has 0 aliphatic rings. The molecule has 1 aromatic carbocycles. The zero-order chi connectivity index (χ0) is 17.0. The van der Waals surface area contributed by atoms with Crippen molar-refractivity contribution in [2.75, 3.05) is 13.7 Å². The Labute approximate surface area is 140 Å². The minimum atomic E-state index is -0.526. The summed E-state index contributed by atoms with van der Waals surface area (Å²) in [7, 11) is 1.27. The molecular weight excluding hydrogens is 364 g/mol. The monoisotopic (exact) mass is 376 g/mol. The van der Waals surface area contributed by atoms with Crippen molar-refractivity contribution in [3.63, 3.8) is 0 Å². The number of hydrogen-bond donors (Lipinski definition) is 1. The summed E-state index contributed by atoms with van der Waals surface area (Å²) in [6.45, 7) is 1.45. The summed E-state index contributed by atoms with van der Waals surface area (Å²) in [6.07, 6.45) is 0. The van der Waals surface area contributed by atoms with Crippen molar-refractivity contribution >= 4 is 21.9 Å². The number of pyridine rings is 1. The molecule has 2 aromatic rings. The predicted octanol–water partition coefficient (Wildman–Crippen LogP) is 2.54. The Balaban J connectivity index is 2.59. The number of nitrogens with one attached hydrogen (secondary N) is 1. The van der Waals surface area contributed by atoms with Gasteiger partial charge in [-0.05, 0) is 31.2 Å². The number of carbonyl (C=O) groups excluding carboxylic acids is 1. The Kier molecular flexibility index (Phi) is 5.19. The SMILES string of the molecule is COC(=O)COc1ccc(Br)cc1-c1cc(C)[nH]c(=O)c1C#N. The number of esters is 1. The number of aromatic amines is 1. The number of methoxy groups -OCH3 is 1. The molecule has 118 valence electrons. The highest BCUT2D eigenvalue weighted by Crippen LogP contribution is 2.34. The zero-order valence-corrected chi connectivity index (χ0v) is 14.1. The third-order valence-corrected chi connectivity index (χ3v) is 3.58. The van der Waals surface area contributed by atoms with Gasteiger partial charge >= 0.3 is 5.97 Å². The molecular formula is C16H13BrN2O4. The van der Waals surface area contributed by atoms with Gasteiger partial charge in [-0.3, -0.25) is 4.79 Å². The van der Waals surface area contributed by atoms with Crippen molar-refractivity contribution in [2.24, 2.45) is 0 Å².